The number of nitrogens with two attached hydrogens (primary N) is 1. The molecule has 1 aliphatic carbocycles. The molecule has 1 aliphatic rings. The average Bonchev–Trinajstić information content (AvgIpc) is 2.65. The molecule has 1 aromatic heterocycles. The number of nitrogens with zero attached hydrogens (tertiary/aromatic N) is 2. The molecule has 1 fully saturated rings. The molecule has 0 saturated heterocycles. The Bertz CT molecular complexity index is 829. The maximum absolute atomic E-state index is 13.3. The van der Waals surface area contributed by atoms with E-state index in [1.54, 1.807) is 12.4 Å². The fourth-order valence-electron chi connectivity index (χ4n) is 3.31. The molecule has 2 N–H and O–H groups in total. The van der Waals surface area contributed by atoms with Crippen LogP contribution in [0.25, 0.3) is 0 Å². The minimum Gasteiger partial charge on any atom is -0.392 e. The first-order valence-electron chi connectivity index (χ1n) is 8.37. The molecule has 7 heteroatoms. The molecule has 0 aliphatic heterocycles. The molecule has 0 amide bonds. The normalized spacial score (nSPS) is 21.5. The summed E-state index contributed by atoms with van der Waals surface area (Å²) in [6.07, 6.45) is 6.79. The van der Waals surface area contributed by atoms with Gasteiger partial charge in [0.1, 0.15) is 6.61 Å². The van der Waals surface area contributed by atoms with Gasteiger partial charge in [-0.1, -0.05) is 35.9 Å². The molecule has 0 spiro atoms. The van der Waals surface area contributed by atoms with E-state index >= 15 is 0 Å². The number of aromatic nitrogens is 1. The van der Waals surface area contributed by atoms with E-state index in [0.29, 0.717) is 17.0 Å². The SMILES string of the molecule is NC(=S)C1(c2cccnc2)CCCCC1=NOCc1ccc(F)c(F)c1. The smallest absolute Gasteiger partial charge is 0.159 e. The van der Waals surface area contributed by atoms with E-state index in [-0.39, 0.29) is 6.61 Å². The summed E-state index contributed by atoms with van der Waals surface area (Å²) in [7, 11) is 0. The number of rotatable bonds is 5. The van der Waals surface area contributed by atoms with Crippen molar-refractivity contribution in [3.63, 3.8) is 0 Å². The second-order valence-electron chi connectivity index (χ2n) is 6.28. The first-order valence-corrected chi connectivity index (χ1v) is 8.78. The van der Waals surface area contributed by atoms with E-state index in [2.05, 4.69) is 10.1 Å². The summed E-state index contributed by atoms with van der Waals surface area (Å²) in [5, 5.41) is 4.29. The Morgan fingerprint density at radius 2 is 2.12 bits per heavy atom. The summed E-state index contributed by atoms with van der Waals surface area (Å²) in [6.45, 7) is 0.0289. The summed E-state index contributed by atoms with van der Waals surface area (Å²) >= 11 is 5.38. The third-order valence-electron chi connectivity index (χ3n) is 4.67. The van der Waals surface area contributed by atoms with Crippen LogP contribution in [-0.2, 0) is 16.9 Å². The lowest BCUT2D eigenvalue weighted by atomic mass is 9.68. The highest BCUT2D eigenvalue weighted by Gasteiger charge is 2.43. The summed E-state index contributed by atoms with van der Waals surface area (Å²) in [6, 6.07) is 7.39. The Labute approximate surface area is 156 Å². The van der Waals surface area contributed by atoms with E-state index in [0.717, 1.165) is 42.7 Å². The third kappa shape index (κ3) is 3.58. The highest BCUT2D eigenvalue weighted by Crippen LogP contribution is 2.38. The Morgan fingerprint density at radius 3 is 2.81 bits per heavy atom. The molecule has 26 heavy (non-hydrogen) atoms. The zero-order chi connectivity index (χ0) is 18.6. The third-order valence-corrected chi connectivity index (χ3v) is 5.02. The van der Waals surface area contributed by atoms with Crippen molar-refractivity contribution < 1.29 is 13.6 Å². The van der Waals surface area contributed by atoms with Gasteiger partial charge in [-0.2, -0.15) is 0 Å². The maximum atomic E-state index is 13.3. The molecule has 1 aromatic carbocycles. The first kappa shape index (κ1) is 18.4. The van der Waals surface area contributed by atoms with Gasteiger partial charge in [0.15, 0.2) is 11.6 Å². The maximum Gasteiger partial charge on any atom is 0.159 e. The van der Waals surface area contributed by atoms with Crippen molar-refractivity contribution in [1.29, 1.82) is 0 Å². The van der Waals surface area contributed by atoms with Crippen molar-refractivity contribution in [3.05, 3.63) is 65.5 Å². The fourth-order valence-corrected chi connectivity index (χ4v) is 3.65. The molecule has 136 valence electrons. The van der Waals surface area contributed by atoms with Gasteiger partial charge < -0.3 is 10.6 Å². The van der Waals surface area contributed by atoms with Crippen LogP contribution in [0.3, 0.4) is 0 Å². The minimum atomic E-state index is -0.913. The summed E-state index contributed by atoms with van der Waals surface area (Å²) in [4.78, 5) is 9.96. The molecule has 0 radical (unpaired) electrons. The van der Waals surface area contributed by atoms with Crippen LogP contribution < -0.4 is 5.73 Å². The zero-order valence-corrected chi connectivity index (χ0v) is 14.9. The number of halogens is 2. The van der Waals surface area contributed by atoms with Gasteiger partial charge in [0.2, 0.25) is 0 Å². The van der Waals surface area contributed by atoms with Crippen LogP contribution >= 0.6 is 12.2 Å². The standard InChI is InChI=1S/C19H19F2N3OS/c20-15-7-6-13(10-16(15)21)12-25-24-17-5-1-2-8-19(17,18(22)26)14-4-3-9-23-11-14/h3-4,6-7,9-11H,1-2,5,8,12H2,(H2,22,26). The Hall–Kier alpha value is -2.41. The average molecular weight is 375 g/mol. The number of hydrogen-bond donors (Lipinski definition) is 1. The van der Waals surface area contributed by atoms with Crippen LogP contribution in [0.5, 0.6) is 0 Å². The Morgan fingerprint density at radius 1 is 1.27 bits per heavy atom. The zero-order valence-electron chi connectivity index (χ0n) is 14.1. The molecule has 0 bridgehead atoms. The minimum absolute atomic E-state index is 0.0289. The number of oxime groups is 1. The number of pyridine rings is 1. The first-order chi connectivity index (χ1) is 12.5. The van der Waals surface area contributed by atoms with Crippen LogP contribution in [0, 0.1) is 11.6 Å². The molecule has 2 aromatic rings. The van der Waals surface area contributed by atoms with Crippen molar-refractivity contribution >= 4 is 22.9 Å². The van der Waals surface area contributed by atoms with Gasteiger partial charge in [-0.3, -0.25) is 4.98 Å². The van der Waals surface area contributed by atoms with E-state index in [1.165, 1.54) is 6.07 Å². The van der Waals surface area contributed by atoms with Gasteiger partial charge in [-0.25, -0.2) is 8.78 Å². The lowest BCUT2D eigenvalue weighted by Crippen LogP contribution is -2.49. The van der Waals surface area contributed by atoms with Gasteiger partial charge in [0.25, 0.3) is 0 Å². The predicted octanol–water partition coefficient (Wildman–Crippen LogP) is 4.03. The monoisotopic (exact) mass is 375 g/mol. The second kappa shape index (κ2) is 7.86. The van der Waals surface area contributed by atoms with Crippen molar-refractivity contribution in [1.82, 2.24) is 4.98 Å². The lowest BCUT2D eigenvalue weighted by molar-refractivity contribution is 0.127. The molecule has 4 nitrogen and oxygen atoms in total. The number of thiocarbonyl (C=S) groups is 1. The van der Waals surface area contributed by atoms with Crippen molar-refractivity contribution in [2.24, 2.45) is 10.9 Å². The van der Waals surface area contributed by atoms with E-state index < -0.39 is 17.0 Å². The quantitative estimate of drug-likeness (QED) is 0.633. The van der Waals surface area contributed by atoms with E-state index in [1.807, 2.05) is 12.1 Å². The van der Waals surface area contributed by atoms with Gasteiger partial charge >= 0.3 is 0 Å². The summed E-state index contributed by atoms with van der Waals surface area (Å²) in [5.41, 5.74) is 7.56. The molecular weight excluding hydrogens is 356 g/mol. The van der Waals surface area contributed by atoms with Gasteiger partial charge in [0, 0.05) is 12.4 Å². The topological polar surface area (TPSA) is 60.5 Å². The molecule has 1 saturated carbocycles. The number of benzene rings is 1. The molecule has 3 rings (SSSR count). The molecule has 1 atom stereocenters. The van der Waals surface area contributed by atoms with Gasteiger partial charge in [0.05, 0.1) is 16.1 Å². The summed E-state index contributed by atoms with van der Waals surface area (Å²) in [5.74, 6) is -1.80. The van der Waals surface area contributed by atoms with E-state index in [4.69, 9.17) is 22.8 Å². The van der Waals surface area contributed by atoms with Crippen LogP contribution in [0.2, 0.25) is 0 Å². The Kier molecular flexibility index (Phi) is 5.56. The van der Waals surface area contributed by atoms with Crippen LogP contribution in [0.1, 0.15) is 36.8 Å². The van der Waals surface area contributed by atoms with Gasteiger partial charge in [-0.15, -0.1) is 0 Å². The molecule has 1 heterocycles. The second-order valence-corrected chi connectivity index (χ2v) is 6.72. The van der Waals surface area contributed by atoms with Crippen molar-refractivity contribution in [3.8, 4) is 0 Å². The lowest BCUT2D eigenvalue weighted by Gasteiger charge is -2.37. The highest BCUT2D eigenvalue weighted by molar-refractivity contribution is 7.80. The van der Waals surface area contributed by atoms with Gasteiger partial charge in [-0.05, 0) is 48.6 Å². The van der Waals surface area contributed by atoms with Crippen LogP contribution in [-0.4, -0.2) is 15.7 Å². The molecular formula is C19H19F2N3OS. The molecule has 1 unspecified atom stereocenters. The highest BCUT2D eigenvalue weighted by atomic mass is 32.1. The van der Waals surface area contributed by atoms with Crippen LogP contribution in [0.15, 0.2) is 47.9 Å². The van der Waals surface area contributed by atoms with Crippen LogP contribution in [0.4, 0.5) is 8.78 Å². The Balaban J connectivity index is 1.86. The van der Waals surface area contributed by atoms with Crippen molar-refractivity contribution in [2.75, 3.05) is 0 Å². The fraction of sp³-hybridized carbons (Fsp3) is 0.316. The van der Waals surface area contributed by atoms with Crippen molar-refractivity contribution in [2.45, 2.75) is 37.7 Å². The summed E-state index contributed by atoms with van der Waals surface area (Å²) < 4.78 is 26.3. The van der Waals surface area contributed by atoms with E-state index in [9.17, 15) is 8.78 Å². The largest absolute Gasteiger partial charge is 0.392 e. The predicted molar refractivity (Wildman–Crippen MR) is 99.8 cm³/mol. The number of hydrogen-bond acceptors (Lipinski definition) is 4.